The van der Waals surface area contributed by atoms with Gasteiger partial charge < -0.3 is 18.8 Å². The number of unbranched alkanes of at least 4 members (excludes halogenated alkanes) is 1. The molecule has 0 amide bonds. The average Bonchev–Trinajstić information content (AvgIpc) is 2.83. The first-order chi connectivity index (χ1) is 15.7. The SMILES string of the molecule is CCCCc1cc(=O)oc2c3c(ccc12)OCN(c1ccc(Oc2ccccc2)cc1)C3. The Bertz CT molecular complexity index is 1280. The maximum atomic E-state index is 12.3. The highest BCUT2D eigenvalue weighted by Crippen LogP contribution is 2.35. The van der Waals surface area contributed by atoms with Crippen molar-refractivity contribution in [3.05, 3.63) is 94.3 Å². The first-order valence-corrected chi connectivity index (χ1v) is 11.0. The lowest BCUT2D eigenvalue weighted by Crippen LogP contribution is -2.32. The van der Waals surface area contributed by atoms with Gasteiger partial charge in [-0.1, -0.05) is 31.5 Å². The van der Waals surface area contributed by atoms with Crippen LogP contribution in [0.5, 0.6) is 17.2 Å². The molecule has 4 aromatic rings. The maximum Gasteiger partial charge on any atom is 0.336 e. The van der Waals surface area contributed by atoms with E-state index in [1.165, 1.54) is 0 Å². The Hall–Kier alpha value is -3.73. The lowest BCUT2D eigenvalue weighted by molar-refractivity contribution is 0.289. The van der Waals surface area contributed by atoms with Crippen LogP contribution in [0, 0.1) is 0 Å². The minimum Gasteiger partial charge on any atom is -0.473 e. The summed E-state index contributed by atoms with van der Waals surface area (Å²) in [5.74, 6) is 2.35. The molecule has 32 heavy (non-hydrogen) atoms. The maximum absolute atomic E-state index is 12.3. The van der Waals surface area contributed by atoms with Crippen LogP contribution in [-0.4, -0.2) is 6.73 Å². The third-order valence-corrected chi connectivity index (χ3v) is 5.76. The van der Waals surface area contributed by atoms with Crippen molar-refractivity contribution in [1.29, 1.82) is 0 Å². The van der Waals surface area contributed by atoms with E-state index in [1.807, 2.05) is 66.7 Å². The zero-order chi connectivity index (χ0) is 21.9. The highest BCUT2D eigenvalue weighted by Gasteiger charge is 2.22. The Balaban J connectivity index is 1.42. The van der Waals surface area contributed by atoms with Gasteiger partial charge in [0.25, 0.3) is 0 Å². The molecule has 162 valence electrons. The average molecular weight is 428 g/mol. The molecule has 1 aromatic heterocycles. The van der Waals surface area contributed by atoms with E-state index in [-0.39, 0.29) is 5.63 Å². The van der Waals surface area contributed by atoms with Gasteiger partial charge >= 0.3 is 5.63 Å². The van der Waals surface area contributed by atoms with Gasteiger partial charge in [0.05, 0.1) is 12.1 Å². The number of benzene rings is 3. The van der Waals surface area contributed by atoms with Crippen LogP contribution in [0.4, 0.5) is 5.69 Å². The predicted molar refractivity (Wildman–Crippen MR) is 126 cm³/mol. The molecule has 5 nitrogen and oxygen atoms in total. The minimum atomic E-state index is -0.309. The molecule has 0 atom stereocenters. The summed E-state index contributed by atoms with van der Waals surface area (Å²) in [4.78, 5) is 14.4. The molecule has 0 aliphatic carbocycles. The van der Waals surface area contributed by atoms with Gasteiger partial charge in [0, 0.05) is 17.1 Å². The van der Waals surface area contributed by atoms with Crippen molar-refractivity contribution < 1.29 is 13.9 Å². The summed E-state index contributed by atoms with van der Waals surface area (Å²) in [6, 6.07) is 23.3. The zero-order valence-corrected chi connectivity index (χ0v) is 18.0. The van der Waals surface area contributed by atoms with Crippen LogP contribution >= 0.6 is 0 Å². The second-order valence-corrected chi connectivity index (χ2v) is 7.99. The second kappa shape index (κ2) is 8.79. The molecule has 5 rings (SSSR count). The molecule has 0 spiro atoms. The monoisotopic (exact) mass is 427 g/mol. The Morgan fingerprint density at radius 2 is 1.75 bits per heavy atom. The van der Waals surface area contributed by atoms with Crippen molar-refractivity contribution in [2.75, 3.05) is 11.6 Å². The van der Waals surface area contributed by atoms with Gasteiger partial charge in [-0.05, 0) is 66.9 Å². The van der Waals surface area contributed by atoms with Crippen molar-refractivity contribution in [2.45, 2.75) is 32.7 Å². The third-order valence-electron chi connectivity index (χ3n) is 5.76. The minimum absolute atomic E-state index is 0.309. The van der Waals surface area contributed by atoms with E-state index in [2.05, 4.69) is 11.8 Å². The van der Waals surface area contributed by atoms with Crippen LogP contribution in [0.3, 0.4) is 0 Å². The van der Waals surface area contributed by atoms with Gasteiger partial charge in [-0.3, -0.25) is 0 Å². The fraction of sp³-hybridized carbons (Fsp3) is 0.222. The van der Waals surface area contributed by atoms with Crippen LogP contribution in [-0.2, 0) is 13.0 Å². The van der Waals surface area contributed by atoms with Gasteiger partial charge in [-0.2, -0.15) is 0 Å². The first kappa shape index (κ1) is 20.2. The van der Waals surface area contributed by atoms with E-state index in [1.54, 1.807) is 6.07 Å². The van der Waals surface area contributed by atoms with Crippen molar-refractivity contribution in [3.8, 4) is 17.2 Å². The van der Waals surface area contributed by atoms with E-state index >= 15 is 0 Å². The van der Waals surface area contributed by atoms with Crippen LogP contribution in [0.15, 0.2) is 82.0 Å². The molecule has 2 heterocycles. The standard InChI is InChI=1S/C27H25NO4/c1-2-3-7-19-16-26(29)32-27-23(19)14-15-25-24(27)17-28(18-30-25)20-10-12-22(13-11-20)31-21-8-5-4-6-9-21/h4-6,8-16H,2-3,7,17-18H2,1H3. The molecule has 0 saturated heterocycles. The molecule has 5 heteroatoms. The number of nitrogens with zero attached hydrogens (tertiary/aromatic N) is 1. The Morgan fingerprint density at radius 1 is 0.969 bits per heavy atom. The molecule has 0 unspecified atom stereocenters. The number of anilines is 1. The quantitative estimate of drug-likeness (QED) is 0.339. The summed E-state index contributed by atoms with van der Waals surface area (Å²) in [5.41, 5.74) is 3.29. The Labute approximate surface area is 186 Å². The summed E-state index contributed by atoms with van der Waals surface area (Å²) in [6.07, 6.45) is 2.98. The van der Waals surface area contributed by atoms with Crippen LogP contribution in [0.2, 0.25) is 0 Å². The summed E-state index contributed by atoms with van der Waals surface area (Å²) < 4.78 is 17.6. The number of aryl methyl sites for hydroxylation is 1. The number of fused-ring (bicyclic) bond motifs is 3. The van der Waals surface area contributed by atoms with Crippen LogP contribution in [0.25, 0.3) is 11.0 Å². The summed E-state index contributed by atoms with van der Waals surface area (Å²) in [5, 5.41) is 0.994. The Kier molecular flexibility index (Phi) is 5.55. The van der Waals surface area contributed by atoms with Crippen molar-refractivity contribution in [2.24, 2.45) is 0 Å². The molecule has 0 N–H and O–H groups in total. The lowest BCUT2D eigenvalue weighted by Gasteiger charge is -2.31. The van der Waals surface area contributed by atoms with E-state index in [0.29, 0.717) is 18.9 Å². The van der Waals surface area contributed by atoms with Gasteiger partial charge in [-0.15, -0.1) is 0 Å². The van der Waals surface area contributed by atoms with Crippen molar-refractivity contribution in [3.63, 3.8) is 0 Å². The van der Waals surface area contributed by atoms with E-state index in [4.69, 9.17) is 13.9 Å². The predicted octanol–water partition coefficient (Wildman–Crippen LogP) is 6.28. The number of rotatable bonds is 6. The molecule has 1 aliphatic rings. The zero-order valence-electron chi connectivity index (χ0n) is 18.0. The summed E-state index contributed by atoms with van der Waals surface area (Å²) in [7, 11) is 0. The number of hydrogen-bond donors (Lipinski definition) is 0. The number of ether oxygens (including phenoxy) is 2. The fourth-order valence-corrected chi connectivity index (χ4v) is 4.09. The highest BCUT2D eigenvalue weighted by molar-refractivity contribution is 5.85. The highest BCUT2D eigenvalue weighted by atomic mass is 16.5. The third kappa shape index (κ3) is 4.06. The molecular weight excluding hydrogens is 402 g/mol. The molecule has 0 radical (unpaired) electrons. The van der Waals surface area contributed by atoms with Gasteiger partial charge in [-0.25, -0.2) is 4.79 Å². The molecule has 3 aromatic carbocycles. The number of para-hydroxylation sites is 1. The number of hydrogen-bond acceptors (Lipinski definition) is 5. The Morgan fingerprint density at radius 3 is 2.53 bits per heavy atom. The first-order valence-electron chi connectivity index (χ1n) is 11.0. The molecule has 1 aliphatic heterocycles. The van der Waals surface area contributed by atoms with Crippen molar-refractivity contribution in [1.82, 2.24) is 0 Å². The van der Waals surface area contributed by atoms with Gasteiger partial charge in [0.2, 0.25) is 0 Å². The molecule has 0 fully saturated rings. The fourth-order valence-electron chi connectivity index (χ4n) is 4.09. The smallest absolute Gasteiger partial charge is 0.336 e. The molecular formula is C27H25NO4. The van der Waals surface area contributed by atoms with E-state index in [9.17, 15) is 4.79 Å². The van der Waals surface area contributed by atoms with Crippen LogP contribution < -0.4 is 20.0 Å². The largest absolute Gasteiger partial charge is 0.473 e. The van der Waals surface area contributed by atoms with Crippen LogP contribution in [0.1, 0.15) is 30.9 Å². The van der Waals surface area contributed by atoms with Crippen molar-refractivity contribution >= 4 is 16.7 Å². The molecule has 0 saturated carbocycles. The summed E-state index contributed by atoms with van der Waals surface area (Å²) in [6.45, 7) is 3.18. The second-order valence-electron chi connectivity index (χ2n) is 7.99. The van der Waals surface area contributed by atoms with Gasteiger partial charge in [0.1, 0.15) is 22.8 Å². The van der Waals surface area contributed by atoms with Gasteiger partial charge in [0.15, 0.2) is 6.73 Å². The summed E-state index contributed by atoms with van der Waals surface area (Å²) >= 11 is 0. The molecule has 0 bridgehead atoms. The van der Waals surface area contributed by atoms with E-state index in [0.717, 1.165) is 58.7 Å². The normalized spacial score (nSPS) is 13.0. The van der Waals surface area contributed by atoms with E-state index < -0.39 is 0 Å². The topological polar surface area (TPSA) is 51.9 Å². The lowest BCUT2D eigenvalue weighted by atomic mass is 10.0.